The van der Waals surface area contributed by atoms with Gasteiger partial charge in [-0.25, -0.2) is 12.7 Å². The summed E-state index contributed by atoms with van der Waals surface area (Å²) in [4.78, 5) is 18.0. The molecule has 1 fully saturated rings. The minimum atomic E-state index is -3.88. The number of sulfonamides is 1. The van der Waals surface area contributed by atoms with E-state index >= 15 is 0 Å². The molecule has 1 aliphatic heterocycles. The van der Waals surface area contributed by atoms with Gasteiger partial charge >= 0.3 is 0 Å². The van der Waals surface area contributed by atoms with Crippen LogP contribution in [0, 0.1) is 6.92 Å². The Balaban J connectivity index is 0.000000892. The van der Waals surface area contributed by atoms with Crippen molar-refractivity contribution in [2.75, 3.05) is 64.6 Å². The van der Waals surface area contributed by atoms with Gasteiger partial charge in [0, 0.05) is 50.9 Å². The molecule has 2 heterocycles. The molecule has 1 aliphatic rings. The number of ether oxygens (including phenoxy) is 1. The van der Waals surface area contributed by atoms with Crippen LogP contribution < -0.4 is 15.1 Å². The normalized spacial score (nSPS) is 14.3. The summed E-state index contributed by atoms with van der Waals surface area (Å²) in [6.07, 6.45) is 2.33. The second kappa shape index (κ2) is 15.2. The summed E-state index contributed by atoms with van der Waals surface area (Å²) in [6.45, 7) is 6.74. The number of piperazine rings is 1. The van der Waals surface area contributed by atoms with E-state index in [-0.39, 0.29) is 21.3 Å². The first-order valence-electron chi connectivity index (χ1n) is 14.9. The molecular weight excluding hydrogens is 631 g/mol. The summed E-state index contributed by atoms with van der Waals surface area (Å²) >= 11 is 0. The lowest BCUT2D eigenvalue weighted by molar-refractivity contribution is 0.250. The smallest absolute Gasteiger partial charge is 0.261 e. The highest BCUT2D eigenvalue weighted by molar-refractivity contribution is 7.89. The van der Waals surface area contributed by atoms with E-state index in [1.54, 1.807) is 33.2 Å². The topological polar surface area (TPSA) is 138 Å². The number of nitrogens with zero attached hydrogens (tertiary/aromatic N) is 3. The van der Waals surface area contributed by atoms with E-state index in [1.807, 2.05) is 48.5 Å². The van der Waals surface area contributed by atoms with Crippen molar-refractivity contribution in [1.82, 2.24) is 9.21 Å². The van der Waals surface area contributed by atoms with Crippen molar-refractivity contribution in [3.05, 3.63) is 88.6 Å². The van der Waals surface area contributed by atoms with Crippen LogP contribution in [0.15, 0.2) is 86.9 Å². The molecule has 1 saturated heterocycles. The Morgan fingerprint density at radius 2 is 1.52 bits per heavy atom. The highest BCUT2D eigenvalue weighted by Crippen LogP contribution is 2.31. The third kappa shape index (κ3) is 8.74. The van der Waals surface area contributed by atoms with Crippen LogP contribution in [0.5, 0.6) is 5.75 Å². The SMILES string of the molecule is COc1ccccc1N1CCN(CCCCN(C)S(=O)(=O)c2cccc3c(=O)c(C)c(-c4ccccc4)oc23)CC1.CS(=O)(=O)O. The maximum Gasteiger partial charge on any atom is 0.261 e. The Kier molecular flexibility index (Phi) is 11.6. The van der Waals surface area contributed by atoms with Gasteiger partial charge in [-0.15, -0.1) is 0 Å². The Hall–Kier alpha value is -3.75. The van der Waals surface area contributed by atoms with E-state index in [4.69, 9.17) is 13.7 Å². The molecule has 5 rings (SSSR count). The van der Waals surface area contributed by atoms with Crippen molar-refractivity contribution in [3.63, 3.8) is 0 Å². The quantitative estimate of drug-likeness (QED) is 0.189. The lowest BCUT2D eigenvalue weighted by atomic mass is 10.1. The lowest BCUT2D eigenvalue weighted by Crippen LogP contribution is -2.46. The van der Waals surface area contributed by atoms with E-state index in [2.05, 4.69) is 15.9 Å². The van der Waals surface area contributed by atoms with Gasteiger partial charge in [0.1, 0.15) is 16.4 Å². The van der Waals surface area contributed by atoms with Crippen molar-refractivity contribution in [2.24, 2.45) is 0 Å². The molecule has 248 valence electrons. The second-order valence-electron chi connectivity index (χ2n) is 11.2. The summed E-state index contributed by atoms with van der Waals surface area (Å²) in [6, 6.07) is 22.1. The first-order chi connectivity index (χ1) is 21.8. The molecule has 4 aromatic rings. The number of rotatable bonds is 10. The molecule has 1 N–H and O–H groups in total. The average molecular weight is 672 g/mol. The fraction of sp³-hybridized carbons (Fsp3) is 0.364. The van der Waals surface area contributed by atoms with Gasteiger partial charge in [0.05, 0.1) is 24.4 Å². The van der Waals surface area contributed by atoms with Gasteiger partial charge in [-0.1, -0.05) is 48.5 Å². The molecular formula is C33H41N3O8S2. The number of anilines is 1. The van der Waals surface area contributed by atoms with Crippen LogP contribution in [-0.4, -0.2) is 90.3 Å². The van der Waals surface area contributed by atoms with Gasteiger partial charge in [0.15, 0.2) is 11.0 Å². The monoisotopic (exact) mass is 671 g/mol. The number of para-hydroxylation sites is 3. The largest absolute Gasteiger partial charge is 0.495 e. The van der Waals surface area contributed by atoms with Gasteiger partial charge in [0.2, 0.25) is 10.0 Å². The molecule has 11 nitrogen and oxygen atoms in total. The molecule has 1 aromatic heterocycles. The van der Waals surface area contributed by atoms with E-state index in [0.29, 0.717) is 24.1 Å². The van der Waals surface area contributed by atoms with E-state index in [1.165, 1.54) is 10.4 Å². The fourth-order valence-electron chi connectivity index (χ4n) is 5.41. The molecule has 0 aliphatic carbocycles. The van der Waals surface area contributed by atoms with E-state index in [9.17, 15) is 21.6 Å². The number of hydrogen-bond acceptors (Lipinski definition) is 9. The number of hydrogen-bond donors (Lipinski definition) is 1. The standard InChI is InChI=1S/C32H37N3O5S.CH4O3S/c1-24-30(36)26-14-11-17-29(32(26)40-31(24)25-12-5-4-6-13-25)41(37,38)33(2)18-9-10-19-34-20-22-35(23-21-34)27-15-7-8-16-28(27)39-3;1-5(2,3)4/h4-8,11-17H,9-10,18-23H2,1-3H3;1H3,(H,2,3,4). The van der Waals surface area contributed by atoms with Crippen LogP contribution in [0.3, 0.4) is 0 Å². The first-order valence-corrected chi connectivity index (χ1v) is 18.2. The summed E-state index contributed by atoms with van der Waals surface area (Å²) < 4.78 is 66.2. The molecule has 13 heteroatoms. The minimum Gasteiger partial charge on any atom is -0.495 e. The lowest BCUT2D eigenvalue weighted by Gasteiger charge is -2.36. The van der Waals surface area contributed by atoms with Crippen LogP contribution >= 0.6 is 0 Å². The van der Waals surface area contributed by atoms with Crippen LogP contribution in [-0.2, 0) is 20.1 Å². The Morgan fingerprint density at radius 1 is 0.891 bits per heavy atom. The van der Waals surface area contributed by atoms with Gasteiger partial charge < -0.3 is 14.1 Å². The molecule has 0 spiro atoms. The molecule has 0 radical (unpaired) electrons. The number of unbranched alkanes of at least 4 members (excludes halogenated alkanes) is 1. The third-order valence-corrected chi connectivity index (χ3v) is 9.71. The van der Waals surface area contributed by atoms with Gasteiger partial charge in [-0.05, 0) is 50.6 Å². The summed E-state index contributed by atoms with van der Waals surface area (Å²) in [5.41, 5.74) is 2.18. The predicted molar refractivity (Wildman–Crippen MR) is 181 cm³/mol. The van der Waals surface area contributed by atoms with Crippen molar-refractivity contribution >= 4 is 36.8 Å². The minimum absolute atomic E-state index is 0.0132. The molecule has 46 heavy (non-hydrogen) atoms. The fourth-order valence-corrected chi connectivity index (χ4v) is 6.75. The zero-order chi connectivity index (χ0) is 33.5. The highest BCUT2D eigenvalue weighted by Gasteiger charge is 2.26. The van der Waals surface area contributed by atoms with Crippen molar-refractivity contribution in [2.45, 2.75) is 24.7 Å². The van der Waals surface area contributed by atoms with Crippen molar-refractivity contribution < 1.29 is 30.5 Å². The maximum absolute atomic E-state index is 13.6. The Morgan fingerprint density at radius 3 is 2.17 bits per heavy atom. The number of methoxy groups -OCH3 is 1. The van der Waals surface area contributed by atoms with Gasteiger partial charge in [0.25, 0.3) is 10.1 Å². The zero-order valence-electron chi connectivity index (χ0n) is 26.5. The Labute approximate surface area is 270 Å². The molecule has 0 atom stereocenters. The molecule has 3 aromatic carbocycles. The van der Waals surface area contributed by atoms with E-state index < -0.39 is 20.1 Å². The number of fused-ring (bicyclic) bond motifs is 1. The van der Waals surface area contributed by atoms with Gasteiger partial charge in [-0.3, -0.25) is 14.2 Å². The zero-order valence-corrected chi connectivity index (χ0v) is 28.2. The number of benzene rings is 3. The third-order valence-electron chi connectivity index (χ3n) is 7.83. The molecule has 0 saturated carbocycles. The second-order valence-corrected chi connectivity index (χ2v) is 14.6. The van der Waals surface area contributed by atoms with E-state index in [0.717, 1.165) is 62.6 Å². The van der Waals surface area contributed by atoms with Gasteiger partial charge in [-0.2, -0.15) is 8.42 Å². The van der Waals surface area contributed by atoms with Crippen LogP contribution in [0.2, 0.25) is 0 Å². The average Bonchev–Trinajstić information content (AvgIpc) is 3.04. The Bertz CT molecular complexity index is 1900. The maximum atomic E-state index is 13.6. The summed E-state index contributed by atoms with van der Waals surface area (Å²) in [7, 11) is -4.25. The predicted octanol–water partition coefficient (Wildman–Crippen LogP) is 4.50. The summed E-state index contributed by atoms with van der Waals surface area (Å²) in [5, 5.41) is 0.268. The van der Waals surface area contributed by atoms with Crippen LogP contribution in [0.25, 0.3) is 22.3 Å². The van der Waals surface area contributed by atoms with Crippen molar-refractivity contribution in [1.29, 1.82) is 0 Å². The van der Waals surface area contributed by atoms with Crippen molar-refractivity contribution in [3.8, 4) is 17.1 Å². The first kappa shape index (κ1) is 35.1. The molecule has 0 unspecified atom stereocenters. The van der Waals surface area contributed by atoms with Crippen LogP contribution in [0.4, 0.5) is 5.69 Å². The van der Waals surface area contributed by atoms with Crippen LogP contribution in [0.1, 0.15) is 18.4 Å². The summed E-state index contributed by atoms with van der Waals surface area (Å²) in [5.74, 6) is 1.28. The highest BCUT2D eigenvalue weighted by atomic mass is 32.2. The molecule has 0 amide bonds. The molecule has 0 bridgehead atoms.